The van der Waals surface area contributed by atoms with Gasteiger partial charge in [0.15, 0.2) is 0 Å². The van der Waals surface area contributed by atoms with E-state index in [9.17, 15) is 9.59 Å². The standard InChI is InChI=1S/C13H23NO3/c1-4-7-8-13(5-2)9-10(15)14-11(13)12(16)17-6-3/h11H,4-9H2,1-3H3,(H,14,15). The van der Waals surface area contributed by atoms with Gasteiger partial charge in [0, 0.05) is 11.8 Å². The van der Waals surface area contributed by atoms with Crippen LogP contribution in [0.15, 0.2) is 0 Å². The molecule has 0 spiro atoms. The molecule has 1 amide bonds. The number of amides is 1. The van der Waals surface area contributed by atoms with Crippen molar-refractivity contribution >= 4 is 11.9 Å². The summed E-state index contributed by atoms with van der Waals surface area (Å²) in [7, 11) is 0. The molecule has 0 aliphatic carbocycles. The van der Waals surface area contributed by atoms with E-state index in [2.05, 4.69) is 12.2 Å². The lowest BCUT2D eigenvalue weighted by atomic mass is 9.74. The van der Waals surface area contributed by atoms with Crippen LogP contribution in [0.4, 0.5) is 0 Å². The number of ether oxygens (including phenoxy) is 1. The molecule has 0 aromatic carbocycles. The maximum atomic E-state index is 11.9. The van der Waals surface area contributed by atoms with E-state index in [1.54, 1.807) is 6.92 Å². The predicted octanol–water partition coefficient (Wildman–Crippen LogP) is 2.02. The van der Waals surface area contributed by atoms with E-state index in [-0.39, 0.29) is 17.3 Å². The minimum atomic E-state index is -0.452. The fraction of sp³-hybridized carbons (Fsp3) is 0.846. The zero-order valence-corrected chi connectivity index (χ0v) is 11.0. The number of hydrogen-bond donors (Lipinski definition) is 1. The van der Waals surface area contributed by atoms with Gasteiger partial charge < -0.3 is 10.1 Å². The van der Waals surface area contributed by atoms with E-state index in [4.69, 9.17) is 4.74 Å². The lowest BCUT2D eigenvalue weighted by Gasteiger charge is -2.31. The highest BCUT2D eigenvalue weighted by atomic mass is 16.5. The molecule has 0 bridgehead atoms. The quantitative estimate of drug-likeness (QED) is 0.724. The van der Waals surface area contributed by atoms with Crippen LogP contribution in [-0.4, -0.2) is 24.5 Å². The van der Waals surface area contributed by atoms with Crippen molar-refractivity contribution in [3.8, 4) is 0 Å². The SMILES string of the molecule is CCCCC1(CC)CC(=O)NC1C(=O)OCC. The van der Waals surface area contributed by atoms with Crippen molar-refractivity contribution in [2.24, 2.45) is 5.41 Å². The Morgan fingerprint density at radius 3 is 2.71 bits per heavy atom. The van der Waals surface area contributed by atoms with E-state index >= 15 is 0 Å². The van der Waals surface area contributed by atoms with Gasteiger partial charge in [-0.15, -0.1) is 0 Å². The summed E-state index contributed by atoms with van der Waals surface area (Å²) < 4.78 is 5.06. The van der Waals surface area contributed by atoms with Crippen LogP contribution >= 0.6 is 0 Å². The number of rotatable bonds is 6. The van der Waals surface area contributed by atoms with Crippen LogP contribution in [0.2, 0.25) is 0 Å². The molecule has 1 rings (SSSR count). The summed E-state index contributed by atoms with van der Waals surface area (Å²) in [6, 6.07) is -0.452. The second kappa shape index (κ2) is 6.03. The third-order valence-corrected chi connectivity index (χ3v) is 3.68. The zero-order chi connectivity index (χ0) is 12.9. The second-order valence-electron chi connectivity index (χ2n) is 4.75. The summed E-state index contributed by atoms with van der Waals surface area (Å²) in [5.74, 6) is -0.308. The van der Waals surface area contributed by atoms with Crippen molar-refractivity contribution in [1.29, 1.82) is 0 Å². The molecule has 4 nitrogen and oxygen atoms in total. The molecule has 0 saturated carbocycles. The van der Waals surface area contributed by atoms with Gasteiger partial charge in [0.25, 0.3) is 0 Å². The lowest BCUT2D eigenvalue weighted by molar-refractivity contribution is -0.148. The van der Waals surface area contributed by atoms with Gasteiger partial charge in [-0.05, 0) is 19.8 Å². The van der Waals surface area contributed by atoms with Crippen LogP contribution in [0.1, 0.15) is 52.9 Å². The zero-order valence-electron chi connectivity index (χ0n) is 11.0. The van der Waals surface area contributed by atoms with E-state index < -0.39 is 6.04 Å². The van der Waals surface area contributed by atoms with Crippen molar-refractivity contribution in [3.63, 3.8) is 0 Å². The summed E-state index contributed by atoms with van der Waals surface area (Å²) in [4.78, 5) is 23.5. The van der Waals surface area contributed by atoms with Crippen molar-refractivity contribution < 1.29 is 14.3 Å². The molecule has 2 atom stereocenters. The van der Waals surface area contributed by atoms with Gasteiger partial charge in [0.1, 0.15) is 6.04 Å². The van der Waals surface area contributed by atoms with Crippen molar-refractivity contribution in [1.82, 2.24) is 5.32 Å². The smallest absolute Gasteiger partial charge is 0.329 e. The summed E-state index contributed by atoms with van der Waals surface area (Å²) in [6.45, 7) is 6.31. The molecular formula is C13H23NO3. The van der Waals surface area contributed by atoms with Crippen LogP contribution < -0.4 is 5.32 Å². The highest BCUT2D eigenvalue weighted by molar-refractivity contribution is 5.89. The van der Waals surface area contributed by atoms with Crippen molar-refractivity contribution in [3.05, 3.63) is 0 Å². The van der Waals surface area contributed by atoms with Gasteiger partial charge in [0.2, 0.25) is 5.91 Å². The average molecular weight is 241 g/mol. The van der Waals surface area contributed by atoms with Gasteiger partial charge in [0.05, 0.1) is 6.61 Å². The van der Waals surface area contributed by atoms with Gasteiger partial charge in [-0.1, -0.05) is 26.7 Å². The average Bonchev–Trinajstić information content (AvgIpc) is 2.65. The molecule has 98 valence electrons. The Labute approximate surface area is 103 Å². The minimum Gasteiger partial charge on any atom is -0.464 e. The van der Waals surface area contributed by atoms with Gasteiger partial charge in [-0.2, -0.15) is 0 Å². The molecule has 17 heavy (non-hydrogen) atoms. The fourth-order valence-corrected chi connectivity index (χ4v) is 2.59. The van der Waals surface area contributed by atoms with E-state index in [0.717, 1.165) is 25.7 Å². The number of carbonyl (C=O) groups excluding carboxylic acids is 2. The summed E-state index contributed by atoms with van der Waals surface area (Å²) >= 11 is 0. The minimum absolute atomic E-state index is 0.0268. The molecule has 0 aromatic rings. The molecule has 1 aliphatic rings. The molecule has 0 aromatic heterocycles. The highest BCUT2D eigenvalue weighted by Crippen LogP contribution is 2.40. The number of hydrogen-bond acceptors (Lipinski definition) is 3. The molecule has 1 aliphatic heterocycles. The van der Waals surface area contributed by atoms with Gasteiger partial charge in [-0.3, -0.25) is 4.79 Å². The Kier molecular flexibility index (Phi) is 4.97. The van der Waals surface area contributed by atoms with E-state index in [0.29, 0.717) is 13.0 Å². The predicted molar refractivity (Wildman–Crippen MR) is 65.4 cm³/mol. The molecule has 1 saturated heterocycles. The maximum Gasteiger partial charge on any atom is 0.329 e. The molecule has 2 unspecified atom stereocenters. The van der Waals surface area contributed by atoms with Crippen LogP contribution in [-0.2, 0) is 14.3 Å². The normalized spacial score (nSPS) is 27.9. The first-order valence-electron chi connectivity index (χ1n) is 6.55. The first-order valence-corrected chi connectivity index (χ1v) is 6.55. The Hall–Kier alpha value is -1.06. The molecule has 0 radical (unpaired) electrons. The molecule has 4 heteroatoms. The first-order chi connectivity index (χ1) is 8.09. The van der Waals surface area contributed by atoms with Gasteiger partial charge in [-0.25, -0.2) is 4.79 Å². The Balaban J connectivity index is 2.83. The van der Waals surface area contributed by atoms with E-state index in [1.807, 2.05) is 6.92 Å². The Bertz CT molecular complexity index is 290. The third kappa shape index (κ3) is 2.99. The second-order valence-corrected chi connectivity index (χ2v) is 4.75. The highest BCUT2D eigenvalue weighted by Gasteiger charge is 2.49. The van der Waals surface area contributed by atoms with Crippen LogP contribution in [0.25, 0.3) is 0 Å². The number of carbonyl (C=O) groups is 2. The Morgan fingerprint density at radius 1 is 1.47 bits per heavy atom. The number of unbranched alkanes of at least 4 members (excludes halogenated alkanes) is 1. The monoisotopic (exact) mass is 241 g/mol. The summed E-state index contributed by atoms with van der Waals surface area (Å²) in [5, 5.41) is 2.78. The number of esters is 1. The maximum absolute atomic E-state index is 11.9. The lowest BCUT2D eigenvalue weighted by Crippen LogP contribution is -2.44. The van der Waals surface area contributed by atoms with Crippen molar-refractivity contribution in [2.45, 2.75) is 58.9 Å². The number of nitrogens with one attached hydrogen (secondary N) is 1. The molecule has 1 fully saturated rings. The van der Waals surface area contributed by atoms with Crippen LogP contribution in [0.3, 0.4) is 0 Å². The van der Waals surface area contributed by atoms with Crippen LogP contribution in [0, 0.1) is 5.41 Å². The molecular weight excluding hydrogens is 218 g/mol. The topological polar surface area (TPSA) is 55.4 Å². The largest absolute Gasteiger partial charge is 0.464 e. The van der Waals surface area contributed by atoms with Gasteiger partial charge >= 0.3 is 5.97 Å². The van der Waals surface area contributed by atoms with E-state index in [1.165, 1.54) is 0 Å². The third-order valence-electron chi connectivity index (χ3n) is 3.68. The first kappa shape index (κ1) is 14.0. The summed E-state index contributed by atoms with van der Waals surface area (Å²) in [5.41, 5.74) is -0.237. The molecule has 1 heterocycles. The van der Waals surface area contributed by atoms with Crippen LogP contribution in [0.5, 0.6) is 0 Å². The Morgan fingerprint density at radius 2 is 2.18 bits per heavy atom. The molecule has 1 N–H and O–H groups in total. The fourth-order valence-electron chi connectivity index (χ4n) is 2.59. The summed E-state index contributed by atoms with van der Waals surface area (Å²) in [6.07, 6.45) is 4.30. The van der Waals surface area contributed by atoms with Crippen molar-refractivity contribution in [2.75, 3.05) is 6.61 Å².